The first kappa shape index (κ1) is 22.5. The summed E-state index contributed by atoms with van der Waals surface area (Å²) in [6.07, 6.45) is 0.123. The average Bonchev–Trinajstić information content (AvgIpc) is 2.45. The number of benzene rings is 1. The van der Waals surface area contributed by atoms with Crippen molar-refractivity contribution in [3.8, 4) is 5.75 Å². The molecule has 0 aliphatic rings. The van der Waals surface area contributed by atoms with Gasteiger partial charge in [-0.25, -0.2) is 0 Å². The largest absolute Gasteiger partial charge is 0.495 e. The zero-order chi connectivity index (χ0) is 17.6. The Balaban J connectivity index is 0.00000529. The second-order valence-corrected chi connectivity index (χ2v) is 6.71. The van der Waals surface area contributed by atoms with Crippen LogP contribution in [0.5, 0.6) is 5.75 Å². The molecule has 0 fully saturated rings. The molecule has 0 aliphatic carbocycles. The molecule has 0 aliphatic heterocycles. The minimum Gasteiger partial charge on any atom is -0.495 e. The highest BCUT2D eigenvalue weighted by atomic mass is 35.5. The van der Waals surface area contributed by atoms with E-state index in [0.29, 0.717) is 16.5 Å². The van der Waals surface area contributed by atoms with Crippen molar-refractivity contribution in [3.05, 3.63) is 23.2 Å². The second kappa shape index (κ2) is 9.71. The molecule has 0 heterocycles. The van der Waals surface area contributed by atoms with Gasteiger partial charge in [-0.1, -0.05) is 32.4 Å². The van der Waals surface area contributed by atoms with E-state index >= 15 is 0 Å². The lowest BCUT2D eigenvalue weighted by atomic mass is 9.87. The van der Waals surface area contributed by atoms with Gasteiger partial charge in [-0.3, -0.25) is 9.59 Å². The number of halogens is 2. The highest BCUT2D eigenvalue weighted by Gasteiger charge is 2.27. The summed E-state index contributed by atoms with van der Waals surface area (Å²) in [5.74, 6) is -0.0117. The van der Waals surface area contributed by atoms with Gasteiger partial charge in [0.25, 0.3) is 0 Å². The van der Waals surface area contributed by atoms with Crippen LogP contribution in [0.4, 0.5) is 5.69 Å². The SMILES string of the molecule is COc1ccc(Cl)cc1NC(=O)CCNC(=O)[C@@H](N)C(C)(C)C.Cl. The van der Waals surface area contributed by atoms with Crippen LogP contribution in [0.15, 0.2) is 18.2 Å². The van der Waals surface area contributed by atoms with E-state index in [1.165, 1.54) is 7.11 Å². The molecule has 1 aromatic carbocycles. The van der Waals surface area contributed by atoms with Crippen molar-refractivity contribution < 1.29 is 14.3 Å². The fourth-order valence-corrected chi connectivity index (χ4v) is 1.97. The Morgan fingerprint density at radius 3 is 2.50 bits per heavy atom. The summed E-state index contributed by atoms with van der Waals surface area (Å²) in [7, 11) is 1.51. The summed E-state index contributed by atoms with van der Waals surface area (Å²) in [5.41, 5.74) is 6.00. The highest BCUT2D eigenvalue weighted by Crippen LogP contribution is 2.27. The van der Waals surface area contributed by atoms with Gasteiger partial charge in [0.2, 0.25) is 11.8 Å². The van der Waals surface area contributed by atoms with Gasteiger partial charge in [0.15, 0.2) is 0 Å². The molecule has 0 saturated carbocycles. The van der Waals surface area contributed by atoms with Crippen molar-refractivity contribution in [2.24, 2.45) is 11.1 Å². The van der Waals surface area contributed by atoms with Gasteiger partial charge in [0, 0.05) is 18.0 Å². The van der Waals surface area contributed by atoms with E-state index in [-0.39, 0.29) is 42.6 Å². The number of hydrogen-bond acceptors (Lipinski definition) is 4. The number of amides is 2. The van der Waals surface area contributed by atoms with Crippen LogP contribution in [0.3, 0.4) is 0 Å². The van der Waals surface area contributed by atoms with Crippen molar-refractivity contribution in [1.82, 2.24) is 5.32 Å². The minimum absolute atomic E-state index is 0. The van der Waals surface area contributed by atoms with E-state index in [9.17, 15) is 9.59 Å². The maximum absolute atomic E-state index is 11.9. The predicted octanol–water partition coefficient (Wildman–Crippen LogP) is 2.59. The standard InChI is InChI=1S/C16H24ClN3O3.ClH/c1-16(2,3)14(18)15(22)19-8-7-13(21)20-11-9-10(17)5-6-12(11)23-4;/h5-6,9,14H,7-8,18H2,1-4H3,(H,19,22)(H,20,21);1H/t14-;/m1./s1. The Morgan fingerprint density at radius 1 is 1.33 bits per heavy atom. The normalized spacial score (nSPS) is 11.9. The van der Waals surface area contributed by atoms with Gasteiger partial charge in [-0.05, 0) is 23.6 Å². The third-order valence-electron chi connectivity index (χ3n) is 3.30. The van der Waals surface area contributed by atoms with E-state index in [1.54, 1.807) is 18.2 Å². The molecule has 1 rings (SSSR count). The van der Waals surface area contributed by atoms with E-state index in [0.717, 1.165) is 0 Å². The molecule has 24 heavy (non-hydrogen) atoms. The number of ether oxygens (including phenoxy) is 1. The lowest BCUT2D eigenvalue weighted by Crippen LogP contribution is -2.49. The van der Waals surface area contributed by atoms with Crippen molar-refractivity contribution in [3.63, 3.8) is 0 Å². The van der Waals surface area contributed by atoms with E-state index < -0.39 is 6.04 Å². The molecular weight excluding hydrogens is 353 g/mol. The number of anilines is 1. The third kappa shape index (κ3) is 6.95. The Bertz CT molecular complexity index is 574. The van der Waals surface area contributed by atoms with E-state index in [4.69, 9.17) is 22.1 Å². The Labute approximate surface area is 153 Å². The summed E-state index contributed by atoms with van der Waals surface area (Å²) >= 11 is 5.90. The fourth-order valence-electron chi connectivity index (χ4n) is 1.79. The van der Waals surface area contributed by atoms with Gasteiger partial charge >= 0.3 is 0 Å². The van der Waals surface area contributed by atoms with Crippen LogP contribution >= 0.6 is 24.0 Å². The first-order chi connectivity index (χ1) is 10.6. The third-order valence-corrected chi connectivity index (χ3v) is 3.54. The fraction of sp³-hybridized carbons (Fsp3) is 0.500. The van der Waals surface area contributed by atoms with Crippen LogP contribution in [0.1, 0.15) is 27.2 Å². The number of carbonyl (C=O) groups excluding carboxylic acids is 2. The molecule has 4 N–H and O–H groups in total. The van der Waals surface area contributed by atoms with Crippen molar-refractivity contribution in [2.75, 3.05) is 19.0 Å². The van der Waals surface area contributed by atoms with Crippen molar-refractivity contribution in [2.45, 2.75) is 33.2 Å². The van der Waals surface area contributed by atoms with Gasteiger partial charge in [-0.15, -0.1) is 12.4 Å². The zero-order valence-electron chi connectivity index (χ0n) is 14.3. The van der Waals surface area contributed by atoms with E-state index in [1.807, 2.05) is 20.8 Å². The average molecular weight is 378 g/mol. The molecule has 1 aromatic rings. The summed E-state index contributed by atoms with van der Waals surface area (Å²) in [6, 6.07) is 4.32. The lowest BCUT2D eigenvalue weighted by Gasteiger charge is -2.25. The molecular formula is C16H25Cl2N3O3. The molecule has 1 atom stereocenters. The minimum atomic E-state index is -0.626. The Kier molecular flexibility index (Phi) is 9.11. The number of methoxy groups -OCH3 is 1. The summed E-state index contributed by atoms with van der Waals surface area (Å²) < 4.78 is 5.15. The summed E-state index contributed by atoms with van der Waals surface area (Å²) in [5, 5.41) is 5.86. The Hall–Kier alpha value is -1.50. The monoisotopic (exact) mass is 377 g/mol. The lowest BCUT2D eigenvalue weighted by molar-refractivity contribution is -0.124. The predicted molar refractivity (Wildman–Crippen MR) is 98.9 cm³/mol. The molecule has 6 nitrogen and oxygen atoms in total. The molecule has 0 radical (unpaired) electrons. The highest BCUT2D eigenvalue weighted by molar-refractivity contribution is 6.31. The summed E-state index contributed by atoms with van der Waals surface area (Å²) in [4.78, 5) is 23.8. The van der Waals surface area contributed by atoms with Gasteiger partial charge in [0.1, 0.15) is 5.75 Å². The molecule has 0 spiro atoms. The maximum atomic E-state index is 11.9. The van der Waals surface area contributed by atoms with Crippen LogP contribution in [0.2, 0.25) is 5.02 Å². The van der Waals surface area contributed by atoms with Crippen LogP contribution in [0.25, 0.3) is 0 Å². The van der Waals surface area contributed by atoms with Gasteiger partial charge in [-0.2, -0.15) is 0 Å². The molecule has 2 amide bonds. The first-order valence-corrected chi connectivity index (χ1v) is 7.69. The molecule has 0 bridgehead atoms. The molecule has 0 saturated heterocycles. The second-order valence-electron chi connectivity index (χ2n) is 6.28. The van der Waals surface area contributed by atoms with Crippen molar-refractivity contribution in [1.29, 1.82) is 0 Å². The van der Waals surface area contributed by atoms with Crippen LogP contribution in [0, 0.1) is 5.41 Å². The molecule has 136 valence electrons. The number of hydrogen-bond donors (Lipinski definition) is 3. The smallest absolute Gasteiger partial charge is 0.237 e. The van der Waals surface area contributed by atoms with Crippen LogP contribution in [-0.2, 0) is 9.59 Å². The van der Waals surface area contributed by atoms with Gasteiger partial charge in [0.05, 0.1) is 18.8 Å². The van der Waals surface area contributed by atoms with Crippen LogP contribution < -0.4 is 21.1 Å². The quantitative estimate of drug-likeness (QED) is 0.709. The molecule has 0 unspecified atom stereocenters. The maximum Gasteiger partial charge on any atom is 0.237 e. The number of nitrogens with one attached hydrogen (secondary N) is 2. The van der Waals surface area contributed by atoms with Crippen LogP contribution in [-0.4, -0.2) is 31.5 Å². The van der Waals surface area contributed by atoms with Gasteiger partial charge < -0.3 is 21.1 Å². The molecule has 8 heteroatoms. The first-order valence-electron chi connectivity index (χ1n) is 7.32. The number of rotatable bonds is 6. The zero-order valence-corrected chi connectivity index (χ0v) is 15.9. The van der Waals surface area contributed by atoms with E-state index in [2.05, 4.69) is 10.6 Å². The summed E-state index contributed by atoms with van der Waals surface area (Å²) in [6.45, 7) is 5.86. The topological polar surface area (TPSA) is 93.5 Å². The van der Waals surface area contributed by atoms with Crippen molar-refractivity contribution >= 4 is 41.5 Å². The number of nitrogens with two attached hydrogens (primary N) is 1. The number of carbonyl (C=O) groups is 2. The Morgan fingerprint density at radius 2 is 1.96 bits per heavy atom. The molecule has 0 aromatic heterocycles.